The van der Waals surface area contributed by atoms with Gasteiger partial charge in [0.05, 0.1) is 10.6 Å². The second kappa shape index (κ2) is 10.3. The number of sulfonamides is 1. The van der Waals surface area contributed by atoms with Crippen molar-refractivity contribution in [3.63, 3.8) is 0 Å². The molecule has 0 atom stereocenters. The largest absolute Gasteiger partial charge is 0.484 e. The van der Waals surface area contributed by atoms with Crippen LogP contribution in [0.3, 0.4) is 0 Å². The van der Waals surface area contributed by atoms with Gasteiger partial charge in [-0.1, -0.05) is 61.4 Å². The molecule has 162 valence electrons. The molecule has 0 aliphatic rings. The Bertz CT molecular complexity index is 1090. The first-order valence-corrected chi connectivity index (χ1v) is 11.8. The summed E-state index contributed by atoms with van der Waals surface area (Å²) in [7, 11) is -4.09. The van der Waals surface area contributed by atoms with Crippen LogP contribution in [-0.2, 0) is 21.2 Å². The van der Waals surface area contributed by atoms with E-state index in [-0.39, 0.29) is 4.90 Å². The van der Waals surface area contributed by atoms with Crippen LogP contribution in [0, 0.1) is 6.92 Å². The average Bonchev–Trinajstić information content (AvgIpc) is 2.79. The Balaban J connectivity index is 1.90. The van der Waals surface area contributed by atoms with Gasteiger partial charge in [0.25, 0.3) is 15.9 Å². The molecule has 3 aromatic rings. The third kappa shape index (κ3) is 5.73. The molecular weight excluding hydrogens is 410 g/mol. The molecular formula is C25H27NO4S. The Morgan fingerprint density at radius 3 is 2.16 bits per heavy atom. The van der Waals surface area contributed by atoms with Crippen LogP contribution >= 0.6 is 0 Å². The minimum Gasteiger partial charge on any atom is -0.484 e. The Morgan fingerprint density at radius 2 is 1.55 bits per heavy atom. The molecule has 6 heteroatoms. The van der Waals surface area contributed by atoms with E-state index in [1.165, 1.54) is 12.1 Å². The molecule has 0 bridgehead atoms. The number of carbonyl (C=O) groups excluding carboxylic acids is 1. The predicted molar refractivity (Wildman–Crippen MR) is 123 cm³/mol. The molecule has 0 unspecified atom stereocenters. The predicted octanol–water partition coefficient (Wildman–Crippen LogP) is 5.14. The zero-order chi connectivity index (χ0) is 22.3. The van der Waals surface area contributed by atoms with E-state index in [1.54, 1.807) is 42.5 Å². The van der Waals surface area contributed by atoms with Gasteiger partial charge in [-0.15, -0.1) is 0 Å². The summed E-state index contributed by atoms with van der Waals surface area (Å²) in [6.45, 7) is 3.68. The van der Waals surface area contributed by atoms with Crippen molar-refractivity contribution < 1.29 is 17.9 Å². The SMILES string of the molecule is CCCCc1ccc(N(C(=O)COc2ccc(C)cc2)S(=O)(=O)c2ccccc2)cc1. The fourth-order valence-electron chi connectivity index (χ4n) is 3.13. The van der Waals surface area contributed by atoms with Crippen molar-refractivity contribution in [1.29, 1.82) is 0 Å². The van der Waals surface area contributed by atoms with Gasteiger partial charge in [0.1, 0.15) is 5.75 Å². The first-order valence-electron chi connectivity index (χ1n) is 10.3. The first kappa shape index (κ1) is 22.6. The molecule has 5 nitrogen and oxygen atoms in total. The van der Waals surface area contributed by atoms with E-state index in [4.69, 9.17) is 4.74 Å². The summed E-state index contributed by atoms with van der Waals surface area (Å²) in [5.41, 5.74) is 2.46. The number of hydrogen-bond donors (Lipinski definition) is 0. The second-order valence-electron chi connectivity index (χ2n) is 7.35. The van der Waals surface area contributed by atoms with Gasteiger partial charge in [0.2, 0.25) is 0 Å². The summed E-state index contributed by atoms with van der Waals surface area (Å²) in [6, 6.07) is 22.3. The highest BCUT2D eigenvalue weighted by atomic mass is 32.2. The van der Waals surface area contributed by atoms with E-state index >= 15 is 0 Å². The Kier molecular flexibility index (Phi) is 7.47. The third-order valence-electron chi connectivity index (χ3n) is 4.88. The molecule has 0 N–H and O–H groups in total. The number of ether oxygens (including phenoxy) is 1. The van der Waals surface area contributed by atoms with Crippen molar-refractivity contribution in [1.82, 2.24) is 0 Å². The number of anilines is 1. The van der Waals surface area contributed by atoms with Gasteiger partial charge in [-0.05, 0) is 61.7 Å². The van der Waals surface area contributed by atoms with E-state index in [9.17, 15) is 13.2 Å². The van der Waals surface area contributed by atoms with Crippen LogP contribution in [0.15, 0.2) is 83.8 Å². The van der Waals surface area contributed by atoms with E-state index in [2.05, 4.69) is 6.92 Å². The number of amides is 1. The summed E-state index contributed by atoms with van der Waals surface area (Å²) in [5, 5.41) is 0. The number of hydrogen-bond acceptors (Lipinski definition) is 4. The van der Waals surface area contributed by atoms with Crippen molar-refractivity contribution in [3.8, 4) is 5.75 Å². The van der Waals surface area contributed by atoms with Crippen LogP contribution in [-0.4, -0.2) is 20.9 Å². The number of carbonyl (C=O) groups is 1. The fourth-order valence-corrected chi connectivity index (χ4v) is 4.56. The van der Waals surface area contributed by atoms with Gasteiger partial charge in [-0.3, -0.25) is 4.79 Å². The monoisotopic (exact) mass is 437 g/mol. The lowest BCUT2D eigenvalue weighted by atomic mass is 10.1. The lowest BCUT2D eigenvalue weighted by Gasteiger charge is -2.23. The molecule has 1 amide bonds. The maximum Gasteiger partial charge on any atom is 0.278 e. The Labute approximate surface area is 184 Å². The molecule has 0 aliphatic carbocycles. The quantitative estimate of drug-likeness (QED) is 0.465. The van der Waals surface area contributed by atoms with E-state index < -0.39 is 22.5 Å². The summed E-state index contributed by atoms with van der Waals surface area (Å²) in [6.07, 6.45) is 3.03. The molecule has 0 fully saturated rings. The van der Waals surface area contributed by atoms with Crippen LogP contribution in [0.25, 0.3) is 0 Å². The normalized spacial score (nSPS) is 11.2. The van der Waals surface area contributed by atoms with Gasteiger partial charge in [-0.2, -0.15) is 4.31 Å². The lowest BCUT2D eigenvalue weighted by molar-refractivity contribution is -0.119. The maximum absolute atomic E-state index is 13.3. The number of rotatable bonds is 9. The zero-order valence-electron chi connectivity index (χ0n) is 17.8. The minimum atomic E-state index is -4.09. The van der Waals surface area contributed by atoms with E-state index in [0.29, 0.717) is 11.4 Å². The highest BCUT2D eigenvalue weighted by molar-refractivity contribution is 7.93. The van der Waals surface area contributed by atoms with Crippen LogP contribution in [0.4, 0.5) is 5.69 Å². The van der Waals surface area contributed by atoms with Gasteiger partial charge in [0, 0.05) is 0 Å². The number of benzene rings is 3. The highest BCUT2D eigenvalue weighted by Crippen LogP contribution is 2.25. The van der Waals surface area contributed by atoms with Crippen molar-refractivity contribution in [2.45, 2.75) is 38.0 Å². The molecule has 0 saturated carbocycles. The number of nitrogens with zero attached hydrogens (tertiary/aromatic N) is 1. The summed E-state index contributed by atoms with van der Waals surface area (Å²) in [5.74, 6) is -0.156. The minimum absolute atomic E-state index is 0.0498. The molecule has 0 saturated heterocycles. The number of aryl methyl sites for hydroxylation is 2. The Hall–Kier alpha value is -3.12. The molecule has 0 heterocycles. The fraction of sp³-hybridized carbons (Fsp3) is 0.240. The third-order valence-corrected chi connectivity index (χ3v) is 6.64. The summed E-state index contributed by atoms with van der Waals surface area (Å²) >= 11 is 0. The highest BCUT2D eigenvalue weighted by Gasteiger charge is 2.31. The topological polar surface area (TPSA) is 63.7 Å². The standard InChI is InChI=1S/C25H27NO4S/c1-3-4-8-21-13-15-22(16-14-21)26(31(28,29)24-9-6-5-7-10-24)25(27)19-30-23-17-11-20(2)12-18-23/h5-7,9-18H,3-4,8,19H2,1-2H3. The molecule has 3 rings (SSSR count). The van der Waals surface area contributed by atoms with Crippen LogP contribution in [0.2, 0.25) is 0 Å². The second-order valence-corrected chi connectivity index (χ2v) is 9.13. The summed E-state index contributed by atoms with van der Waals surface area (Å²) < 4.78 is 33.1. The van der Waals surface area contributed by atoms with Crippen molar-refractivity contribution in [2.75, 3.05) is 10.9 Å². The Morgan fingerprint density at radius 1 is 0.903 bits per heavy atom. The first-order chi connectivity index (χ1) is 14.9. The molecule has 3 aromatic carbocycles. The van der Waals surface area contributed by atoms with Gasteiger partial charge < -0.3 is 4.74 Å². The molecule has 0 radical (unpaired) electrons. The smallest absolute Gasteiger partial charge is 0.278 e. The van der Waals surface area contributed by atoms with E-state index in [1.807, 2.05) is 31.2 Å². The molecule has 31 heavy (non-hydrogen) atoms. The molecule has 0 aromatic heterocycles. The number of unbranched alkanes of at least 4 members (excludes halogenated alkanes) is 1. The van der Waals surface area contributed by atoms with Crippen LogP contribution < -0.4 is 9.04 Å². The van der Waals surface area contributed by atoms with Gasteiger partial charge in [0.15, 0.2) is 6.61 Å². The van der Waals surface area contributed by atoms with Crippen molar-refractivity contribution in [2.24, 2.45) is 0 Å². The van der Waals surface area contributed by atoms with Crippen LogP contribution in [0.1, 0.15) is 30.9 Å². The zero-order valence-corrected chi connectivity index (χ0v) is 18.6. The van der Waals surface area contributed by atoms with E-state index in [0.717, 1.165) is 34.7 Å². The maximum atomic E-state index is 13.3. The molecule has 0 aliphatic heterocycles. The molecule has 0 spiro atoms. The average molecular weight is 438 g/mol. The van der Waals surface area contributed by atoms with Gasteiger partial charge in [-0.25, -0.2) is 8.42 Å². The van der Waals surface area contributed by atoms with Crippen molar-refractivity contribution >= 4 is 21.6 Å². The summed E-state index contributed by atoms with van der Waals surface area (Å²) in [4.78, 5) is 13.1. The van der Waals surface area contributed by atoms with Crippen LogP contribution in [0.5, 0.6) is 5.75 Å². The van der Waals surface area contributed by atoms with Crippen molar-refractivity contribution in [3.05, 3.63) is 90.0 Å². The lowest BCUT2D eigenvalue weighted by Crippen LogP contribution is -2.40. The van der Waals surface area contributed by atoms with Gasteiger partial charge >= 0.3 is 0 Å².